The molecule has 1 aromatic heterocycles. The van der Waals surface area contributed by atoms with E-state index in [0.717, 1.165) is 30.8 Å². The van der Waals surface area contributed by atoms with Crippen LogP contribution in [0.25, 0.3) is 0 Å². The quantitative estimate of drug-likeness (QED) is 0.896. The lowest BCUT2D eigenvalue weighted by atomic mass is 9.93. The van der Waals surface area contributed by atoms with Crippen LogP contribution < -0.4 is 5.32 Å². The van der Waals surface area contributed by atoms with Crippen LogP contribution in [0.1, 0.15) is 45.1 Å². The number of hydrogen-bond donors (Lipinski definition) is 1. The first-order valence-corrected chi connectivity index (χ1v) is 7.76. The Morgan fingerprint density at radius 2 is 2.27 bits per heavy atom. The Hall–Kier alpha value is -1.40. The van der Waals surface area contributed by atoms with Crippen molar-refractivity contribution < 1.29 is 14.1 Å². The van der Waals surface area contributed by atoms with Crippen LogP contribution in [0.5, 0.6) is 0 Å². The van der Waals surface area contributed by atoms with E-state index in [4.69, 9.17) is 9.26 Å². The van der Waals surface area contributed by atoms with Crippen molar-refractivity contribution in [1.29, 1.82) is 0 Å². The average Bonchev–Trinajstić information content (AvgIpc) is 3.07. The zero-order valence-corrected chi connectivity index (χ0v) is 14.2. The molecule has 0 saturated carbocycles. The highest BCUT2D eigenvalue weighted by Crippen LogP contribution is 2.32. The monoisotopic (exact) mass is 309 g/mol. The molecule has 6 heteroatoms. The Labute approximate surface area is 132 Å². The Kier molecular flexibility index (Phi) is 4.92. The molecule has 1 unspecified atom stereocenters. The van der Waals surface area contributed by atoms with Crippen molar-refractivity contribution in [3.8, 4) is 0 Å². The number of methoxy groups -OCH3 is 1. The van der Waals surface area contributed by atoms with Crippen LogP contribution in [0.15, 0.2) is 10.6 Å². The first-order valence-electron chi connectivity index (χ1n) is 7.76. The van der Waals surface area contributed by atoms with Gasteiger partial charge in [-0.3, -0.25) is 9.69 Å². The molecule has 124 valence electrons. The van der Waals surface area contributed by atoms with Crippen LogP contribution in [0, 0.1) is 0 Å². The third-order valence-corrected chi connectivity index (χ3v) is 4.31. The number of nitrogens with zero attached hydrogens (tertiary/aromatic N) is 2. The van der Waals surface area contributed by atoms with Crippen LogP contribution in [0.4, 0.5) is 0 Å². The molecule has 0 bridgehead atoms. The SMILES string of the molecule is CNC(=O)C1(COC)CCCN1Cc1cc(C(C)(C)C)on1. The van der Waals surface area contributed by atoms with Crippen molar-refractivity contribution in [2.75, 3.05) is 27.3 Å². The summed E-state index contributed by atoms with van der Waals surface area (Å²) in [6.07, 6.45) is 1.77. The van der Waals surface area contributed by atoms with Gasteiger partial charge in [-0.05, 0) is 19.4 Å². The van der Waals surface area contributed by atoms with Crippen LogP contribution in [0.3, 0.4) is 0 Å². The van der Waals surface area contributed by atoms with E-state index in [0.29, 0.717) is 13.2 Å². The standard InChI is InChI=1S/C16H27N3O3/c1-15(2,3)13-9-12(18-22-13)10-19-8-6-7-16(19,11-21-5)14(20)17-4/h9H,6-8,10-11H2,1-5H3,(H,17,20). The minimum atomic E-state index is -0.607. The maximum absolute atomic E-state index is 12.4. The molecule has 6 nitrogen and oxygen atoms in total. The molecule has 0 radical (unpaired) electrons. The van der Waals surface area contributed by atoms with Gasteiger partial charge in [0.1, 0.15) is 11.3 Å². The van der Waals surface area contributed by atoms with Crippen LogP contribution in [-0.4, -0.2) is 48.8 Å². The van der Waals surface area contributed by atoms with Crippen molar-refractivity contribution >= 4 is 5.91 Å². The number of ether oxygens (including phenoxy) is 1. The maximum Gasteiger partial charge on any atom is 0.242 e. The largest absolute Gasteiger partial charge is 0.382 e. The molecule has 1 N–H and O–H groups in total. The van der Waals surface area contributed by atoms with E-state index in [9.17, 15) is 4.79 Å². The lowest BCUT2D eigenvalue weighted by Crippen LogP contribution is -2.57. The van der Waals surface area contributed by atoms with Crippen LogP contribution >= 0.6 is 0 Å². The van der Waals surface area contributed by atoms with E-state index < -0.39 is 5.54 Å². The highest BCUT2D eigenvalue weighted by atomic mass is 16.5. The topological polar surface area (TPSA) is 67.6 Å². The normalized spacial score (nSPS) is 23.0. The molecule has 0 aliphatic carbocycles. The molecule has 0 aromatic carbocycles. The van der Waals surface area contributed by atoms with Gasteiger partial charge in [0.15, 0.2) is 0 Å². The summed E-state index contributed by atoms with van der Waals surface area (Å²) in [5, 5.41) is 6.94. The Balaban J connectivity index is 2.19. The minimum absolute atomic E-state index is 0.00592. The second-order valence-corrected chi connectivity index (χ2v) is 7.00. The summed E-state index contributed by atoms with van der Waals surface area (Å²) in [6.45, 7) is 8.11. The van der Waals surface area contributed by atoms with Crippen molar-refractivity contribution in [3.63, 3.8) is 0 Å². The number of likely N-dealkylation sites (N-methyl/N-ethyl adjacent to an activating group) is 1. The van der Waals surface area contributed by atoms with Gasteiger partial charge in [-0.25, -0.2) is 0 Å². The van der Waals surface area contributed by atoms with Crippen molar-refractivity contribution in [3.05, 3.63) is 17.5 Å². The van der Waals surface area contributed by atoms with Gasteiger partial charge in [-0.1, -0.05) is 25.9 Å². The molecule has 0 spiro atoms. The number of aromatic nitrogens is 1. The molecule has 22 heavy (non-hydrogen) atoms. The number of hydrogen-bond acceptors (Lipinski definition) is 5. The summed E-state index contributed by atoms with van der Waals surface area (Å²) in [7, 11) is 3.30. The lowest BCUT2D eigenvalue weighted by molar-refractivity contribution is -0.135. The third-order valence-electron chi connectivity index (χ3n) is 4.31. The zero-order valence-electron chi connectivity index (χ0n) is 14.2. The molecular weight excluding hydrogens is 282 g/mol. The highest BCUT2D eigenvalue weighted by Gasteiger charge is 2.47. The predicted octanol–water partition coefficient (Wildman–Crippen LogP) is 1.70. The van der Waals surface area contributed by atoms with E-state index in [-0.39, 0.29) is 11.3 Å². The minimum Gasteiger partial charge on any atom is -0.382 e. The van der Waals surface area contributed by atoms with Crippen LogP contribution in [-0.2, 0) is 21.5 Å². The second-order valence-electron chi connectivity index (χ2n) is 7.00. The summed E-state index contributed by atoms with van der Waals surface area (Å²) >= 11 is 0. The average molecular weight is 309 g/mol. The number of carbonyl (C=O) groups excluding carboxylic acids is 1. The van der Waals surface area contributed by atoms with Gasteiger partial charge < -0.3 is 14.6 Å². The van der Waals surface area contributed by atoms with Gasteiger partial charge in [0.2, 0.25) is 5.91 Å². The lowest BCUT2D eigenvalue weighted by Gasteiger charge is -2.35. The van der Waals surface area contributed by atoms with Crippen molar-refractivity contribution in [1.82, 2.24) is 15.4 Å². The molecule has 2 heterocycles. The van der Waals surface area contributed by atoms with E-state index in [1.807, 2.05) is 6.07 Å². The molecule has 1 aliphatic heterocycles. The highest BCUT2D eigenvalue weighted by molar-refractivity contribution is 5.86. The van der Waals surface area contributed by atoms with E-state index in [1.54, 1.807) is 14.2 Å². The molecule has 2 rings (SSSR count). The predicted molar refractivity (Wildman–Crippen MR) is 83.5 cm³/mol. The fourth-order valence-corrected chi connectivity index (χ4v) is 3.06. The van der Waals surface area contributed by atoms with Gasteiger partial charge >= 0.3 is 0 Å². The van der Waals surface area contributed by atoms with Crippen molar-refractivity contribution in [2.24, 2.45) is 0 Å². The number of likely N-dealkylation sites (tertiary alicyclic amines) is 1. The van der Waals surface area contributed by atoms with Crippen molar-refractivity contribution in [2.45, 2.75) is 51.1 Å². The van der Waals surface area contributed by atoms with Crippen LogP contribution in [0.2, 0.25) is 0 Å². The number of carbonyl (C=O) groups is 1. The fourth-order valence-electron chi connectivity index (χ4n) is 3.06. The second kappa shape index (κ2) is 6.38. The third kappa shape index (κ3) is 3.17. The Bertz CT molecular complexity index is 521. The fraction of sp³-hybridized carbons (Fsp3) is 0.750. The van der Waals surface area contributed by atoms with Gasteiger partial charge in [-0.2, -0.15) is 0 Å². The van der Waals surface area contributed by atoms with Gasteiger partial charge in [0.25, 0.3) is 0 Å². The summed E-state index contributed by atoms with van der Waals surface area (Å²) in [6, 6.07) is 1.99. The van der Waals surface area contributed by atoms with Gasteiger partial charge in [-0.15, -0.1) is 0 Å². The summed E-state index contributed by atoms with van der Waals surface area (Å²) < 4.78 is 10.8. The maximum atomic E-state index is 12.4. The zero-order chi connectivity index (χ0) is 16.4. The Morgan fingerprint density at radius 3 is 2.82 bits per heavy atom. The molecule has 1 atom stereocenters. The Morgan fingerprint density at radius 1 is 1.55 bits per heavy atom. The number of nitrogens with one attached hydrogen (secondary N) is 1. The molecule has 1 fully saturated rings. The summed E-state index contributed by atoms with van der Waals surface area (Å²) in [5.41, 5.74) is 0.182. The summed E-state index contributed by atoms with van der Waals surface area (Å²) in [4.78, 5) is 14.6. The first-order chi connectivity index (χ1) is 10.3. The molecule has 1 aromatic rings. The van der Waals surface area contributed by atoms with E-state index in [2.05, 4.69) is 36.1 Å². The molecule has 1 aliphatic rings. The molecule has 1 saturated heterocycles. The number of amides is 1. The van der Waals surface area contributed by atoms with E-state index >= 15 is 0 Å². The van der Waals surface area contributed by atoms with Gasteiger partial charge in [0.05, 0.1) is 12.3 Å². The molecule has 1 amide bonds. The molecular formula is C16H27N3O3. The number of rotatable bonds is 5. The van der Waals surface area contributed by atoms with E-state index in [1.165, 1.54) is 0 Å². The smallest absolute Gasteiger partial charge is 0.242 e. The van der Waals surface area contributed by atoms with Gasteiger partial charge in [0, 0.05) is 32.2 Å². The first kappa shape index (κ1) is 17.0. The summed E-state index contributed by atoms with van der Waals surface area (Å²) in [5.74, 6) is 0.866.